The molecule has 6 nitrogen and oxygen atoms in total. The zero-order valence-corrected chi connectivity index (χ0v) is 17.5. The van der Waals surface area contributed by atoms with E-state index in [9.17, 15) is 9.59 Å². The SMILES string of the molecule is CCCOc1cccc(N2C(=O)C(c3ccc(Cl)cc3)=C(N3CCOCC3)C2=O)c1. The van der Waals surface area contributed by atoms with Crippen LogP contribution >= 0.6 is 11.6 Å². The molecule has 0 unspecified atom stereocenters. The fourth-order valence-electron chi connectivity index (χ4n) is 3.64. The maximum absolute atomic E-state index is 13.5. The van der Waals surface area contributed by atoms with Gasteiger partial charge < -0.3 is 14.4 Å². The number of benzene rings is 2. The molecule has 0 bridgehead atoms. The Balaban J connectivity index is 1.75. The summed E-state index contributed by atoms with van der Waals surface area (Å²) in [6.07, 6.45) is 0.870. The molecule has 2 aromatic carbocycles. The van der Waals surface area contributed by atoms with Crippen LogP contribution in [0.2, 0.25) is 5.02 Å². The summed E-state index contributed by atoms with van der Waals surface area (Å²) in [5, 5.41) is 0.571. The normalized spacial score (nSPS) is 17.1. The first-order chi connectivity index (χ1) is 14.6. The Hall–Kier alpha value is -2.83. The third kappa shape index (κ3) is 3.93. The lowest BCUT2D eigenvalue weighted by Gasteiger charge is -2.29. The van der Waals surface area contributed by atoms with Gasteiger partial charge in [0.15, 0.2) is 0 Å². The summed E-state index contributed by atoms with van der Waals surface area (Å²) in [7, 11) is 0. The Kier molecular flexibility index (Phi) is 6.06. The number of carbonyl (C=O) groups is 2. The average molecular weight is 427 g/mol. The van der Waals surface area contributed by atoms with Crippen LogP contribution in [0.1, 0.15) is 18.9 Å². The van der Waals surface area contributed by atoms with Gasteiger partial charge in [-0.2, -0.15) is 0 Å². The minimum absolute atomic E-state index is 0.334. The van der Waals surface area contributed by atoms with Gasteiger partial charge >= 0.3 is 0 Å². The molecule has 4 rings (SSSR count). The zero-order chi connectivity index (χ0) is 21.1. The smallest absolute Gasteiger partial charge is 0.282 e. The minimum Gasteiger partial charge on any atom is -0.494 e. The molecule has 1 fully saturated rings. The first-order valence-corrected chi connectivity index (χ1v) is 10.4. The van der Waals surface area contributed by atoms with Crippen LogP contribution in [0.25, 0.3) is 5.57 Å². The van der Waals surface area contributed by atoms with Crippen LogP contribution in [-0.4, -0.2) is 49.6 Å². The van der Waals surface area contributed by atoms with Gasteiger partial charge in [0.1, 0.15) is 11.4 Å². The summed E-state index contributed by atoms with van der Waals surface area (Å²) in [5.41, 5.74) is 1.96. The van der Waals surface area contributed by atoms with E-state index in [1.807, 2.05) is 17.9 Å². The summed E-state index contributed by atoms with van der Waals surface area (Å²) >= 11 is 6.03. The molecule has 2 aromatic rings. The van der Waals surface area contributed by atoms with Crippen molar-refractivity contribution in [3.8, 4) is 5.75 Å². The van der Waals surface area contributed by atoms with Gasteiger partial charge in [0.2, 0.25) is 0 Å². The molecule has 7 heteroatoms. The number of hydrogen-bond acceptors (Lipinski definition) is 5. The average Bonchev–Trinajstić information content (AvgIpc) is 3.03. The fraction of sp³-hybridized carbons (Fsp3) is 0.304. The highest BCUT2D eigenvalue weighted by molar-refractivity contribution is 6.45. The van der Waals surface area contributed by atoms with Crippen LogP contribution in [0.4, 0.5) is 5.69 Å². The summed E-state index contributed by atoms with van der Waals surface area (Å²) < 4.78 is 11.1. The molecule has 1 saturated heterocycles. The molecule has 0 atom stereocenters. The molecule has 0 spiro atoms. The minimum atomic E-state index is -0.351. The second kappa shape index (κ2) is 8.90. The molecule has 0 radical (unpaired) electrons. The van der Waals surface area contributed by atoms with Crippen molar-refractivity contribution in [2.24, 2.45) is 0 Å². The summed E-state index contributed by atoms with van der Waals surface area (Å²) in [6.45, 7) is 4.73. The van der Waals surface area contributed by atoms with E-state index in [-0.39, 0.29) is 11.8 Å². The van der Waals surface area contributed by atoms with Gasteiger partial charge in [0.25, 0.3) is 11.8 Å². The largest absolute Gasteiger partial charge is 0.494 e. The number of rotatable bonds is 6. The van der Waals surface area contributed by atoms with Crippen molar-refractivity contribution in [2.45, 2.75) is 13.3 Å². The quantitative estimate of drug-likeness (QED) is 0.658. The lowest BCUT2D eigenvalue weighted by molar-refractivity contribution is -0.121. The van der Waals surface area contributed by atoms with Crippen LogP contribution < -0.4 is 9.64 Å². The lowest BCUT2D eigenvalue weighted by atomic mass is 10.0. The van der Waals surface area contributed by atoms with Crippen molar-refractivity contribution < 1.29 is 19.1 Å². The van der Waals surface area contributed by atoms with Gasteiger partial charge in [-0.05, 0) is 36.2 Å². The number of anilines is 1. The second-order valence-corrected chi connectivity index (χ2v) is 7.56. The maximum Gasteiger partial charge on any atom is 0.282 e. The van der Waals surface area contributed by atoms with E-state index in [2.05, 4.69) is 0 Å². The van der Waals surface area contributed by atoms with E-state index in [1.54, 1.807) is 42.5 Å². The predicted octanol–water partition coefficient (Wildman–Crippen LogP) is 3.75. The number of ether oxygens (including phenoxy) is 2. The van der Waals surface area contributed by atoms with E-state index in [0.29, 0.717) is 66.2 Å². The van der Waals surface area contributed by atoms with E-state index in [0.717, 1.165) is 6.42 Å². The molecule has 0 aromatic heterocycles. The predicted molar refractivity (Wildman–Crippen MR) is 115 cm³/mol. The van der Waals surface area contributed by atoms with Crippen LogP contribution in [0, 0.1) is 0 Å². The molecule has 2 heterocycles. The number of imide groups is 1. The molecule has 2 aliphatic heterocycles. The zero-order valence-electron chi connectivity index (χ0n) is 16.8. The molecule has 2 amide bonds. The van der Waals surface area contributed by atoms with Crippen LogP contribution in [0.5, 0.6) is 5.75 Å². The van der Waals surface area contributed by atoms with Crippen molar-refractivity contribution in [1.82, 2.24) is 4.90 Å². The third-order valence-corrected chi connectivity index (χ3v) is 5.32. The highest BCUT2D eigenvalue weighted by Crippen LogP contribution is 2.36. The number of halogens is 1. The second-order valence-electron chi connectivity index (χ2n) is 7.12. The Morgan fingerprint density at radius 1 is 1.03 bits per heavy atom. The molecular formula is C23H23ClN2O4. The first kappa shape index (κ1) is 20.4. The standard InChI is InChI=1S/C23H23ClN2O4/c1-2-12-30-19-5-3-4-18(15-19)26-22(27)20(16-6-8-17(24)9-7-16)21(23(26)28)25-10-13-29-14-11-25/h3-9,15H,2,10-14H2,1H3. The maximum atomic E-state index is 13.5. The van der Waals surface area contributed by atoms with Crippen LogP contribution in [0.3, 0.4) is 0 Å². The summed E-state index contributed by atoms with van der Waals surface area (Å²) in [4.78, 5) is 30.2. The highest BCUT2D eigenvalue weighted by atomic mass is 35.5. The van der Waals surface area contributed by atoms with Gasteiger partial charge in [0, 0.05) is 24.2 Å². The van der Waals surface area contributed by atoms with Crippen molar-refractivity contribution in [3.05, 3.63) is 64.8 Å². The van der Waals surface area contributed by atoms with Crippen molar-refractivity contribution >= 4 is 34.7 Å². The number of carbonyl (C=O) groups excluding carboxylic acids is 2. The highest BCUT2D eigenvalue weighted by Gasteiger charge is 2.42. The van der Waals surface area contributed by atoms with E-state index in [1.165, 1.54) is 4.90 Å². The van der Waals surface area contributed by atoms with E-state index >= 15 is 0 Å². The molecule has 0 saturated carbocycles. The van der Waals surface area contributed by atoms with Crippen molar-refractivity contribution in [3.63, 3.8) is 0 Å². The summed E-state index contributed by atoms with van der Waals surface area (Å²) in [5.74, 6) is -0.0567. The third-order valence-electron chi connectivity index (χ3n) is 5.07. The Labute approximate surface area is 180 Å². The van der Waals surface area contributed by atoms with Crippen LogP contribution in [0.15, 0.2) is 54.2 Å². The molecule has 156 valence electrons. The monoisotopic (exact) mass is 426 g/mol. The van der Waals surface area contributed by atoms with E-state index < -0.39 is 0 Å². The van der Waals surface area contributed by atoms with Gasteiger partial charge in [-0.25, -0.2) is 4.90 Å². The van der Waals surface area contributed by atoms with Gasteiger partial charge in [-0.3, -0.25) is 9.59 Å². The van der Waals surface area contributed by atoms with Gasteiger partial charge in [0.05, 0.1) is 31.1 Å². The first-order valence-electron chi connectivity index (χ1n) is 10.0. The Morgan fingerprint density at radius 3 is 2.47 bits per heavy atom. The van der Waals surface area contributed by atoms with Crippen molar-refractivity contribution in [2.75, 3.05) is 37.8 Å². The Morgan fingerprint density at radius 2 is 1.77 bits per heavy atom. The van der Waals surface area contributed by atoms with Gasteiger partial charge in [-0.1, -0.05) is 36.7 Å². The molecule has 0 aliphatic carbocycles. The van der Waals surface area contributed by atoms with Gasteiger partial charge in [-0.15, -0.1) is 0 Å². The van der Waals surface area contributed by atoms with E-state index in [4.69, 9.17) is 21.1 Å². The molecule has 0 N–H and O–H groups in total. The topological polar surface area (TPSA) is 59.1 Å². The lowest BCUT2D eigenvalue weighted by Crippen LogP contribution is -2.40. The molecule has 2 aliphatic rings. The van der Waals surface area contributed by atoms with Crippen molar-refractivity contribution in [1.29, 1.82) is 0 Å². The molecular weight excluding hydrogens is 404 g/mol. The molecule has 30 heavy (non-hydrogen) atoms. The van der Waals surface area contributed by atoms with Crippen LogP contribution in [-0.2, 0) is 14.3 Å². The fourth-order valence-corrected chi connectivity index (χ4v) is 3.77. The number of nitrogens with zero attached hydrogens (tertiary/aromatic N) is 2. The number of hydrogen-bond donors (Lipinski definition) is 0. The number of morpholine rings is 1. The summed E-state index contributed by atoms with van der Waals surface area (Å²) in [6, 6.07) is 14.1. The number of amides is 2. The Bertz CT molecular complexity index is 981.